The smallest absolute Gasteiger partial charge is 0.305 e. The van der Waals surface area contributed by atoms with Gasteiger partial charge in [0.25, 0.3) is 0 Å². The van der Waals surface area contributed by atoms with Crippen molar-refractivity contribution in [2.75, 3.05) is 6.61 Å². The second-order valence-electron chi connectivity index (χ2n) is 15.9. The molecule has 4 aliphatic carbocycles. The van der Waals surface area contributed by atoms with Crippen LogP contribution in [0.5, 0.6) is 0 Å². The van der Waals surface area contributed by atoms with Crippen molar-refractivity contribution < 1.29 is 39.5 Å². The number of aliphatic hydroxyl groups excluding tert-OH is 4. The van der Waals surface area contributed by atoms with Gasteiger partial charge in [-0.2, -0.15) is 0 Å². The van der Waals surface area contributed by atoms with E-state index in [0.717, 1.165) is 57.8 Å². The maximum absolute atomic E-state index is 12.8. The maximum Gasteiger partial charge on any atom is 0.305 e. The van der Waals surface area contributed by atoms with Crippen molar-refractivity contribution in [3.63, 3.8) is 0 Å². The van der Waals surface area contributed by atoms with Crippen LogP contribution < -0.4 is 5.32 Å². The number of ether oxygens (including phenoxy) is 2. The molecule has 5 aliphatic rings. The highest BCUT2D eigenvalue weighted by atomic mass is 16.6. The minimum absolute atomic E-state index is 0.146. The van der Waals surface area contributed by atoms with E-state index in [0.29, 0.717) is 48.3 Å². The Labute approximate surface area is 263 Å². The molecule has 1 aliphatic heterocycles. The van der Waals surface area contributed by atoms with Gasteiger partial charge in [0, 0.05) is 12.8 Å². The minimum Gasteiger partial charge on any atom is -0.463 e. The Kier molecular flexibility index (Phi) is 10.4. The lowest BCUT2D eigenvalue weighted by molar-refractivity contribution is -0.198. The summed E-state index contributed by atoms with van der Waals surface area (Å²) in [5, 5.41) is 45.9. The lowest BCUT2D eigenvalue weighted by Crippen LogP contribution is -2.63. The molecule has 0 aromatic carbocycles. The van der Waals surface area contributed by atoms with Crippen molar-refractivity contribution in [1.82, 2.24) is 5.32 Å². The lowest BCUT2D eigenvalue weighted by atomic mass is 9.43. The summed E-state index contributed by atoms with van der Waals surface area (Å²) in [4.78, 5) is 24.8. The molecule has 5 N–H and O–H groups in total. The van der Waals surface area contributed by atoms with Gasteiger partial charge in [-0.1, -0.05) is 27.7 Å². The van der Waals surface area contributed by atoms with Crippen molar-refractivity contribution in [3.8, 4) is 0 Å². The van der Waals surface area contributed by atoms with E-state index in [1.54, 1.807) is 6.92 Å². The Bertz CT molecular complexity index is 1020. The van der Waals surface area contributed by atoms with E-state index in [2.05, 4.69) is 26.1 Å². The topological polar surface area (TPSA) is 146 Å². The van der Waals surface area contributed by atoms with E-state index in [4.69, 9.17) is 9.47 Å². The molecule has 5 rings (SSSR count). The molecule has 5 fully saturated rings. The zero-order chi connectivity index (χ0) is 32.0. The number of hydrogen-bond acceptors (Lipinski definition) is 8. The summed E-state index contributed by atoms with van der Waals surface area (Å²) in [5.41, 5.74) is 0.365. The van der Waals surface area contributed by atoms with Gasteiger partial charge < -0.3 is 35.2 Å². The van der Waals surface area contributed by atoms with Gasteiger partial charge in [-0.15, -0.1) is 0 Å². The number of hydrogen-bond donors (Lipinski definition) is 5. The molecule has 0 aromatic heterocycles. The van der Waals surface area contributed by atoms with Crippen molar-refractivity contribution in [2.45, 2.75) is 154 Å². The highest BCUT2D eigenvalue weighted by molar-refractivity contribution is 5.76. The van der Waals surface area contributed by atoms with E-state index in [-0.39, 0.29) is 47.9 Å². The number of aliphatic hydroxyl groups is 4. The highest BCUT2D eigenvalue weighted by Gasteiger charge is 2.62. The van der Waals surface area contributed by atoms with Gasteiger partial charge in [0.05, 0.1) is 24.4 Å². The number of carbonyl (C=O) groups is 2. The van der Waals surface area contributed by atoms with Crippen LogP contribution in [0.3, 0.4) is 0 Å². The van der Waals surface area contributed by atoms with Crippen LogP contribution in [-0.4, -0.2) is 81.6 Å². The molecule has 1 heterocycles. The zero-order valence-electron chi connectivity index (χ0n) is 27.6. The van der Waals surface area contributed by atoms with Gasteiger partial charge in [0.15, 0.2) is 0 Å². The SMILES string of the molecule is CCCC(=O)N[C@H]1C(C)O[C@H](COC(=O)CCC(C)C2CCC3C4C(CC[C@]23C)[C@@]2(C)CC[C@H](O)CC2C[C@@H]4O)[C@@H](O)[C@@H]1O. The Morgan fingerprint density at radius 3 is 2.39 bits per heavy atom. The maximum atomic E-state index is 12.8. The molecule has 9 nitrogen and oxygen atoms in total. The third kappa shape index (κ3) is 6.34. The fourth-order valence-corrected chi connectivity index (χ4v) is 10.9. The molecule has 1 amide bonds. The average molecular weight is 622 g/mol. The molecule has 1 saturated heterocycles. The second kappa shape index (κ2) is 13.5. The molecule has 0 aromatic rings. The first kappa shape index (κ1) is 34.1. The highest BCUT2D eigenvalue weighted by Crippen LogP contribution is 2.68. The second-order valence-corrected chi connectivity index (χ2v) is 15.9. The fourth-order valence-electron chi connectivity index (χ4n) is 10.9. The van der Waals surface area contributed by atoms with Crippen LogP contribution in [0.4, 0.5) is 0 Å². The summed E-state index contributed by atoms with van der Waals surface area (Å²) in [7, 11) is 0. The standard InChI is InChI=1S/C35H59NO8/c1-6-7-28(39)36-31-20(3)44-27(32(41)33(31)42)18-43-29(40)11-8-19(2)23-9-10-24-30-25(13-15-35(23,24)5)34(4)14-12-22(37)16-21(34)17-26(30)38/h19-27,30-33,37-38,41-42H,6-18H2,1-5H3,(H,36,39)/t19?,20?,21?,22-,23?,24?,25?,26-,27+,30?,31-,32+,33+,34-,35+/m0/s1. The molecule has 9 heteroatoms. The molecule has 0 spiro atoms. The summed E-state index contributed by atoms with van der Waals surface area (Å²) in [6.45, 7) is 10.6. The first-order valence-corrected chi connectivity index (χ1v) is 17.6. The van der Waals surface area contributed by atoms with Gasteiger partial charge >= 0.3 is 5.97 Å². The van der Waals surface area contributed by atoms with Gasteiger partial charge in [0.2, 0.25) is 5.91 Å². The summed E-state index contributed by atoms with van der Waals surface area (Å²) in [6, 6.07) is -0.724. The first-order valence-electron chi connectivity index (χ1n) is 17.6. The van der Waals surface area contributed by atoms with Crippen LogP contribution >= 0.6 is 0 Å². The van der Waals surface area contributed by atoms with Crippen LogP contribution in [-0.2, 0) is 19.1 Å². The van der Waals surface area contributed by atoms with E-state index in [1.165, 1.54) is 0 Å². The number of rotatable bonds is 9. The number of amides is 1. The summed E-state index contributed by atoms with van der Waals surface area (Å²) in [6.07, 6.45) is 5.77. The Morgan fingerprint density at radius 2 is 1.66 bits per heavy atom. The summed E-state index contributed by atoms with van der Waals surface area (Å²) in [5.74, 6) is 2.05. The van der Waals surface area contributed by atoms with E-state index >= 15 is 0 Å². The van der Waals surface area contributed by atoms with E-state index < -0.39 is 30.5 Å². The monoisotopic (exact) mass is 621 g/mol. The first-order chi connectivity index (χ1) is 20.8. The lowest BCUT2D eigenvalue weighted by Gasteiger charge is -2.62. The molecule has 252 valence electrons. The molecular formula is C35H59NO8. The van der Waals surface area contributed by atoms with Crippen molar-refractivity contribution in [2.24, 2.45) is 46.3 Å². The van der Waals surface area contributed by atoms with Crippen molar-refractivity contribution in [1.29, 1.82) is 0 Å². The van der Waals surface area contributed by atoms with Gasteiger partial charge in [-0.25, -0.2) is 0 Å². The summed E-state index contributed by atoms with van der Waals surface area (Å²) >= 11 is 0. The predicted molar refractivity (Wildman–Crippen MR) is 165 cm³/mol. The molecule has 15 atom stereocenters. The van der Waals surface area contributed by atoms with Gasteiger partial charge in [-0.3, -0.25) is 9.59 Å². The molecule has 0 bridgehead atoms. The minimum atomic E-state index is -1.28. The van der Waals surface area contributed by atoms with E-state index in [1.807, 2.05) is 6.92 Å². The number of nitrogens with one attached hydrogen (secondary N) is 1. The number of esters is 1. The number of carbonyl (C=O) groups excluding carboxylic acids is 2. The van der Waals surface area contributed by atoms with Crippen LogP contribution in [0.15, 0.2) is 0 Å². The van der Waals surface area contributed by atoms with E-state index in [9.17, 15) is 30.0 Å². The van der Waals surface area contributed by atoms with Crippen molar-refractivity contribution in [3.05, 3.63) is 0 Å². The quantitative estimate of drug-likeness (QED) is 0.245. The molecule has 0 radical (unpaired) electrons. The normalized spacial score (nSPS) is 47.6. The van der Waals surface area contributed by atoms with Crippen LogP contribution in [0.25, 0.3) is 0 Å². The third-order valence-electron chi connectivity index (χ3n) is 13.4. The third-order valence-corrected chi connectivity index (χ3v) is 13.4. The molecule has 4 saturated carbocycles. The summed E-state index contributed by atoms with van der Waals surface area (Å²) < 4.78 is 11.4. The average Bonchev–Trinajstić information content (AvgIpc) is 3.33. The van der Waals surface area contributed by atoms with Crippen LogP contribution in [0.2, 0.25) is 0 Å². The predicted octanol–water partition coefficient (Wildman–Crippen LogP) is 3.73. The molecular weight excluding hydrogens is 562 g/mol. The van der Waals surface area contributed by atoms with Crippen LogP contribution in [0, 0.1) is 46.3 Å². The zero-order valence-corrected chi connectivity index (χ0v) is 27.6. The van der Waals surface area contributed by atoms with Gasteiger partial charge in [0.1, 0.15) is 24.9 Å². The van der Waals surface area contributed by atoms with Gasteiger partial charge in [-0.05, 0) is 117 Å². The Hall–Kier alpha value is -1.26. The fraction of sp³-hybridized carbons (Fsp3) is 0.943. The Balaban J connectivity index is 1.12. The Morgan fingerprint density at radius 1 is 0.955 bits per heavy atom. The molecule has 7 unspecified atom stereocenters. The van der Waals surface area contributed by atoms with Crippen molar-refractivity contribution >= 4 is 11.9 Å². The number of fused-ring (bicyclic) bond motifs is 5. The van der Waals surface area contributed by atoms with Crippen LogP contribution in [0.1, 0.15) is 112 Å². The largest absolute Gasteiger partial charge is 0.463 e. The molecule has 44 heavy (non-hydrogen) atoms.